The summed E-state index contributed by atoms with van der Waals surface area (Å²) in [6, 6.07) is 14.8. The molecule has 2 N–H and O–H groups in total. The van der Waals surface area contributed by atoms with Gasteiger partial charge < -0.3 is 15.4 Å². The number of allylic oxidation sites excluding steroid dienone is 1. The summed E-state index contributed by atoms with van der Waals surface area (Å²) >= 11 is 0. The first-order chi connectivity index (χ1) is 14.1. The zero-order chi connectivity index (χ0) is 20.4. The molecule has 3 aromatic rings. The van der Waals surface area contributed by atoms with Gasteiger partial charge in [-0.05, 0) is 61.0 Å². The topological polar surface area (TPSA) is 94.0 Å². The SMILES string of the molecule is CCOc1cccc(C2C(C(=O)Nc3ccc(C)cc3)=C(C)Nc3nnnn32)c1. The van der Waals surface area contributed by atoms with E-state index in [9.17, 15) is 4.79 Å². The summed E-state index contributed by atoms with van der Waals surface area (Å²) in [4.78, 5) is 13.3. The maximum absolute atomic E-state index is 13.3. The Morgan fingerprint density at radius 3 is 2.76 bits per heavy atom. The largest absolute Gasteiger partial charge is 0.494 e. The van der Waals surface area contributed by atoms with Gasteiger partial charge in [-0.3, -0.25) is 4.79 Å². The van der Waals surface area contributed by atoms with Crippen molar-refractivity contribution in [3.63, 3.8) is 0 Å². The Kier molecular flexibility index (Phi) is 4.99. The molecule has 0 radical (unpaired) electrons. The Morgan fingerprint density at radius 2 is 2.00 bits per heavy atom. The van der Waals surface area contributed by atoms with Crippen molar-refractivity contribution in [2.45, 2.75) is 26.8 Å². The van der Waals surface area contributed by atoms with E-state index in [-0.39, 0.29) is 5.91 Å². The molecule has 0 spiro atoms. The molecule has 1 amide bonds. The number of ether oxygens (including phenoxy) is 1. The lowest BCUT2D eigenvalue weighted by Gasteiger charge is -2.28. The van der Waals surface area contributed by atoms with E-state index < -0.39 is 6.04 Å². The molecule has 0 bridgehead atoms. The van der Waals surface area contributed by atoms with Gasteiger partial charge >= 0.3 is 0 Å². The number of carbonyl (C=O) groups is 1. The molecule has 148 valence electrons. The first-order valence-electron chi connectivity index (χ1n) is 9.43. The van der Waals surface area contributed by atoms with Gasteiger partial charge in [0.25, 0.3) is 5.91 Å². The number of fused-ring (bicyclic) bond motifs is 1. The second-order valence-corrected chi connectivity index (χ2v) is 6.84. The average molecular weight is 390 g/mol. The van der Waals surface area contributed by atoms with Crippen LogP contribution in [0.25, 0.3) is 0 Å². The van der Waals surface area contributed by atoms with Gasteiger partial charge in [0, 0.05) is 11.4 Å². The summed E-state index contributed by atoms with van der Waals surface area (Å²) in [7, 11) is 0. The third-order valence-electron chi connectivity index (χ3n) is 4.75. The van der Waals surface area contributed by atoms with Crippen LogP contribution in [0.3, 0.4) is 0 Å². The third-order valence-corrected chi connectivity index (χ3v) is 4.75. The fourth-order valence-electron chi connectivity index (χ4n) is 3.39. The second-order valence-electron chi connectivity index (χ2n) is 6.84. The average Bonchev–Trinajstić information content (AvgIpc) is 3.17. The van der Waals surface area contributed by atoms with Crippen LogP contribution in [0, 0.1) is 6.92 Å². The molecule has 8 nitrogen and oxygen atoms in total. The number of anilines is 2. The van der Waals surface area contributed by atoms with Crippen LogP contribution in [0.4, 0.5) is 11.6 Å². The third kappa shape index (κ3) is 3.69. The Balaban J connectivity index is 1.74. The highest BCUT2D eigenvalue weighted by molar-refractivity contribution is 6.06. The number of tetrazole rings is 1. The van der Waals surface area contributed by atoms with Crippen LogP contribution in [-0.2, 0) is 4.79 Å². The van der Waals surface area contributed by atoms with Crippen molar-refractivity contribution in [1.82, 2.24) is 20.2 Å². The lowest BCUT2D eigenvalue weighted by atomic mass is 9.95. The van der Waals surface area contributed by atoms with Crippen molar-refractivity contribution in [2.24, 2.45) is 0 Å². The summed E-state index contributed by atoms with van der Waals surface area (Å²) in [5, 5.41) is 18.0. The Bertz CT molecular complexity index is 1070. The number of hydrogen-bond acceptors (Lipinski definition) is 6. The summed E-state index contributed by atoms with van der Waals surface area (Å²) in [5.41, 5.74) is 3.95. The zero-order valence-corrected chi connectivity index (χ0v) is 16.5. The van der Waals surface area contributed by atoms with Crippen molar-refractivity contribution in [2.75, 3.05) is 17.2 Å². The lowest BCUT2D eigenvalue weighted by Crippen LogP contribution is -2.31. The van der Waals surface area contributed by atoms with Crippen LogP contribution in [0.15, 0.2) is 59.8 Å². The number of aryl methyl sites for hydroxylation is 1. The van der Waals surface area contributed by atoms with Gasteiger partial charge in [-0.25, -0.2) is 0 Å². The van der Waals surface area contributed by atoms with Crippen LogP contribution in [0.1, 0.15) is 31.0 Å². The van der Waals surface area contributed by atoms with Crippen LogP contribution < -0.4 is 15.4 Å². The number of nitrogens with zero attached hydrogens (tertiary/aromatic N) is 4. The van der Waals surface area contributed by atoms with Gasteiger partial charge in [-0.2, -0.15) is 4.68 Å². The number of nitrogens with one attached hydrogen (secondary N) is 2. The molecular formula is C21H22N6O2. The highest BCUT2D eigenvalue weighted by Gasteiger charge is 2.34. The van der Waals surface area contributed by atoms with Crippen molar-refractivity contribution in [3.8, 4) is 5.75 Å². The number of carbonyl (C=O) groups excluding carboxylic acids is 1. The highest BCUT2D eigenvalue weighted by atomic mass is 16.5. The van der Waals surface area contributed by atoms with E-state index in [2.05, 4.69) is 26.2 Å². The molecule has 4 rings (SSSR count). The minimum Gasteiger partial charge on any atom is -0.494 e. The monoisotopic (exact) mass is 390 g/mol. The minimum atomic E-state index is -0.480. The molecule has 0 saturated carbocycles. The fraction of sp³-hybridized carbons (Fsp3) is 0.238. The van der Waals surface area contributed by atoms with Gasteiger partial charge in [0.15, 0.2) is 0 Å². The number of amides is 1. The van der Waals surface area contributed by atoms with Crippen molar-refractivity contribution >= 4 is 17.5 Å². The standard InChI is InChI=1S/C21H22N6O2/c1-4-29-17-7-5-6-15(12-17)19-18(14(3)22-21-24-25-26-27(19)21)20(28)23-16-10-8-13(2)9-11-16/h5-12,19H,4H2,1-3H3,(H,23,28)(H,22,24,26). The van der Waals surface area contributed by atoms with Crippen LogP contribution >= 0.6 is 0 Å². The number of rotatable bonds is 5. The molecule has 1 aliphatic rings. The smallest absolute Gasteiger partial charge is 0.255 e. The predicted octanol–water partition coefficient (Wildman–Crippen LogP) is 3.31. The molecule has 0 fully saturated rings. The summed E-state index contributed by atoms with van der Waals surface area (Å²) in [6.45, 7) is 6.34. The van der Waals surface area contributed by atoms with E-state index >= 15 is 0 Å². The van der Waals surface area contributed by atoms with Crippen LogP contribution in [-0.4, -0.2) is 32.7 Å². The van der Waals surface area contributed by atoms with E-state index in [1.807, 2.05) is 69.3 Å². The molecular weight excluding hydrogens is 368 g/mol. The van der Waals surface area contributed by atoms with Crippen molar-refractivity contribution in [3.05, 3.63) is 70.9 Å². The summed E-state index contributed by atoms with van der Waals surface area (Å²) in [5.74, 6) is 1.00. The molecule has 0 aliphatic carbocycles. The summed E-state index contributed by atoms with van der Waals surface area (Å²) < 4.78 is 7.26. The highest BCUT2D eigenvalue weighted by Crippen LogP contribution is 2.36. The molecule has 1 unspecified atom stereocenters. The van der Waals surface area contributed by atoms with E-state index in [0.717, 1.165) is 22.6 Å². The van der Waals surface area contributed by atoms with Crippen molar-refractivity contribution in [1.29, 1.82) is 0 Å². The minimum absolute atomic E-state index is 0.216. The molecule has 1 aromatic heterocycles. The van der Waals surface area contributed by atoms with Gasteiger partial charge in [0.1, 0.15) is 11.8 Å². The molecule has 0 saturated heterocycles. The molecule has 2 aromatic carbocycles. The lowest BCUT2D eigenvalue weighted by molar-refractivity contribution is -0.113. The normalized spacial score (nSPS) is 15.5. The maximum Gasteiger partial charge on any atom is 0.255 e. The summed E-state index contributed by atoms with van der Waals surface area (Å²) in [6.07, 6.45) is 0. The van der Waals surface area contributed by atoms with Crippen molar-refractivity contribution < 1.29 is 9.53 Å². The Labute approximate surface area is 168 Å². The predicted molar refractivity (Wildman–Crippen MR) is 110 cm³/mol. The van der Waals surface area contributed by atoms with E-state index in [1.54, 1.807) is 4.68 Å². The Morgan fingerprint density at radius 1 is 1.21 bits per heavy atom. The van der Waals surface area contributed by atoms with E-state index in [0.29, 0.717) is 23.8 Å². The molecule has 29 heavy (non-hydrogen) atoms. The van der Waals surface area contributed by atoms with E-state index in [1.165, 1.54) is 0 Å². The fourth-order valence-corrected chi connectivity index (χ4v) is 3.39. The van der Waals surface area contributed by atoms with E-state index in [4.69, 9.17) is 4.74 Å². The van der Waals surface area contributed by atoms with Gasteiger partial charge in [-0.15, -0.1) is 0 Å². The first-order valence-corrected chi connectivity index (χ1v) is 9.43. The van der Waals surface area contributed by atoms with Crippen LogP contribution in [0.2, 0.25) is 0 Å². The molecule has 8 heteroatoms. The Hall–Kier alpha value is -3.68. The molecule has 1 atom stereocenters. The maximum atomic E-state index is 13.3. The first kappa shape index (κ1) is 18.7. The molecule has 1 aliphatic heterocycles. The quantitative estimate of drug-likeness (QED) is 0.694. The van der Waals surface area contributed by atoms with Gasteiger partial charge in [-0.1, -0.05) is 34.9 Å². The van der Waals surface area contributed by atoms with Gasteiger partial charge in [0.2, 0.25) is 5.95 Å². The zero-order valence-electron chi connectivity index (χ0n) is 16.5. The van der Waals surface area contributed by atoms with Crippen LogP contribution in [0.5, 0.6) is 5.75 Å². The number of benzene rings is 2. The number of hydrogen-bond donors (Lipinski definition) is 2. The van der Waals surface area contributed by atoms with Gasteiger partial charge in [0.05, 0.1) is 12.2 Å². The molecule has 2 heterocycles. The number of aromatic nitrogens is 4. The second kappa shape index (κ2) is 7.75.